The lowest BCUT2D eigenvalue weighted by Gasteiger charge is -2.35. The van der Waals surface area contributed by atoms with E-state index in [1.54, 1.807) is 18.2 Å². The second-order valence-electron chi connectivity index (χ2n) is 6.93. The van der Waals surface area contributed by atoms with E-state index in [-0.39, 0.29) is 29.8 Å². The van der Waals surface area contributed by atoms with Crippen molar-refractivity contribution >= 4 is 16.1 Å². The highest BCUT2D eigenvalue weighted by atomic mass is 32.2. The second-order valence-corrected chi connectivity index (χ2v) is 8.84. The van der Waals surface area contributed by atoms with Gasteiger partial charge in [-0.25, -0.2) is 4.39 Å². The lowest BCUT2D eigenvalue weighted by molar-refractivity contribution is -0.127. The third-order valence-electron chi connectivity index (χ3n) is 4.90. The monoisotopic (exact) mass is 401 g/mol. The van der Waals surface area contributed by atoms with Gasteiger partial charge in [0.05, 0.1) is 6.10 Å². The van der Waals surface area contributed by atoms with Gasteiger partial charge in [0, 0.05) is 39.7 Å². The minimum absolute atomic E-state index is 0.109. The molecule has 2 rings (SSSR count). The highest BCUT2D eigenvalue weighted by Gasteiger charge is 2.36. The van der Waals surface area contributed by atoms with Crippen LogP contribution in [-0.2, 0) is 26.2 Å². The zero-order valence-corrected chi connectivity index (χ0v) is 16.8. The van der Waals surface area contributed by atoms with Crippen LogP contribution in [0.2, 0.25) is 0 Å². The van der Waals surface area contributed by atoms with Gasteiger partial charge >= 0.3 is 0 Å². The van der Waals surface area contributed by atoms with Gasteiger partial charge in [0.2, 0.25) is 5.91 Å². The summed E-state index contributed by atoms with van der Waals surface area (Å²) in [4.78, 5) is 12.4. The lowest BCUT2D eigenvalue weighted by Crippen LogP contribution is -2.52. The molecule has 1 saturated carbocycles. The Balaban J connectivity index is 1.86. The molecule has 2 N–H and O–H groups in total. The van der Waals surface area contributed by atoms with E-state index in [0.29, 0.717) is 37.8 Å². The number of rotatable bonds is 8. The predicted molar refractivity (Wildman–Crippen MR) is 101 cm³/mol. The molecule has 0 bridgehead atoms. The highest BCUT2D eigenvalue weighted by Crippen LogP contribution is 2.27. The summed E-state index contributed by atoms with van der Waals surface area (Å²) in [5.41, 5.74) is 0.564. The average Bonchev–Trinajstić information content (AvgIpc) is 2.63. The van der Waals surface area contributed by atoms with Gasteiger partial charge in [-0.05, 0) is 37.3 Å². The number of nitrogens with one attached hydrogen (secondary N) is 2. The summed E-state index contributed by atoms with van der Waals surface area (Å²) in [5, 5.41) is 2.85. The summed E-state index contributed by atoms with van der Waals surface area (Å²) in [6.45, 7) is 0.352. The van der Waals surface area contributed by atoms with Gasteiger partial charge in [0.1, 0.15) is 5.82 Å². The number of ether oxygens (including phenoxy) is 1. The molecular formula is C18H28FN3O4S. The van der Waals surface area contributed by atoms with Crippen molar-refractivity contribution < 1.29 is 22.3 Å². The maximum Gasteiger partial charge on any atom is 0.279 e. The molecule has 0 aromatic heterocycles. The SMILES string of the molecule is CO[C@@H]1C[C@@H](C(=O)NCCc2ccccc2F)CC[C@H]1NS(=O)(=O)N(C)C. The summed E-state index contributed by atoms with van der Waals surface area (Å²) < 4.78 is 46.8. The number of hydrogen-bond donors (Lipinski definition) is 2. The van der Waals surface area contributed by atoms with Crippen molar-refractivity contribution in [3.05, 3.63) is 35.6 Å². The molecule has 1 amide bonds. The molecular weight excluding hydrogens is 373 g/mol. The van der Waals surface area contributed by atoms with Crippen molar-refractivity contribution in [1.29, 1.82) is 0 Å². The van der Waals surface area contributed by atoms with Gasteiger partial charge in [-0.1, -0.05) is 18.2 Å². The van der Waals surface area contributed by atoms with Crippen LogP contribution in [0.5, 0.6) is 0 Å². The van der Waals surface area contributed by atoms with E-state index >= 15 is 0 Å². The number of methoxy groups -OCH3 is 1. The van der Waals surface area contributed by atoms with E-state index < -0.39 is 10.2 Å². The fraction of sp³-hybridized carbons (Fsp3) is 0.611. The highest BCUT2D eigenvalue weighted by molar-refractivity contribution is 7.87. The third kappa shape index (κ3) is 5.97. The summed E-state index contributed by atoms with van der Waals surface area (Å²) >= 11 is 0. The minimum atomic E-state index is -3.56. The molecule has 0 spiro atoms. The van der Waals surface area contributed by atoms with E-state index in [1.165, 1.54) is 27.3 Å². The Bertz CT molecular complexity index is 742. The van der Waals surface area contributed by atoms with Crippen molar-refractivity contribution in [2.24, 2.45) is 5.92 Å². The molecule has 152 valence electrons. The van der Waals surface area contributed by atoms with Gasteiger partial charge in [0.25, 0.3) is 10.2 Å². The van der Waals surface area contributed by atoms with Gasteiger partial charge in [-0.15, -0.1) is 0 Å². The first kappa shape index (κ1) is 21.7. The zero-order valence-electron chi connectivity index (χ0n) is 15.9. The van der Waals surface area contributed by atoms with Crippen molar-refractivity contribution in [1.82, 2.24) is 14.3 Å². The largest absolute Gasteiger partial charge is 0.380 e. The molecule has 27 heavy (non-hydrogen) atoms. The van der Waals surface area contributed by atoms with E-state index in [0.717, 1.165) is 4.31 Å². The van der Waals surface area contributed by atoms with Crippen molar-refractivity contribution in [3.63, 3.8) is 0 Å². The van der Waals surface area contributed by atoms with E-state index in [2.05, 4.69) is 10.0 Å². The topological polar surface area (TPSA) is 87.7 Å². The molecule has 9 heteroatoms. The van der Waals surface area contributed by atoms with Crippen molar-refractivity contribution in [2.75, 3.05) is 27.7 Å². The minimum Gasteiger partial charge on any atom is -0.380 e. The number of nitrogens with zero attached hydrogens (tertiary/aromatic N) is 1. The van der Waals surface area contributed by atoms with Crippen LogP contribution in [0.3, 0.4) is 0 Å². The quantitative estimate of drug-likeness (QED) is 0.682. The molecule has 7 nitrogen and oxygen atoms in total. The summed E-state index contributed by atoms with van der Waals surface area (Å²) in [5.74, 6) is -0.641. The van der Waals surface area contributed by atoms with E-state index in [1.807, 2.05) is 0 Å². The predicted octanol–water partition coefficient (Wildman–Crippen LogP) is 1.06. The van der Waals surface area contributed by atoms with Gasteiger partial charge in [0.15, 0.2) is 0 Å². The number of carbonyl (C=O) groups is 1. The van der Waals surface area contributed by atoms with Crippen molar-refractivity contribution in [3.8, 4) is 0 Å². The molecule has 0 unspecified atom stereocenters. The lowest BCUT2D eigenvalue weighted by atomic mass is 9.83. The average molecular weight is 402 g/mol. The molecule has 0 heterocycles. The molecule has 1 aliphatic rings. The van der Waals surface area contributed by atoms with Gasteiger partial charge < -0.3 is 10.1 Å². The molecule has 0 aliphatic heterocycles. The Hall–Kier alpha value is -1.55. The molecule has 1 fully saturated rings. The first-order valence-corrected chi connectivity index (χ1v) is 10.4. The number of benzene rings is 1. The van der Waals surface area contributed by atoms with Crippen LogP contribution in [0, 0.1) is 11.7 Å². The van der Waals surface area contributed by atoms with E-state index in [9.17, 15) is 17.6 Å². The number of hydrogen-bond acceptors (Lipinski definition) is 4. The smallest absolute Gasteiger partial charge is 0.279 e. The standard InChI is InChI=1S/C18H28FN3O4S/c1-22(2)27(24,25)21-16-9-8-14(12-17(16)26-3)18(23)20-11-10-13-6-4-5-7-15(13)19/h4-7,14,16-17,21H,8-12H2,1-3H3,(H,20,23)/t14-,16+,17+/m0/s1. The first-order valence-electron chi connectivity index (χ1n) is 8.98. The molecule has 0 radical (unpaired) electrons. The molecule has 1 aliphatic carbocycles. The van der Waals surface area contributed by atoms with Crippen LogP contribution < -0.4 is 10.0 Å². The fourth-order valence-electron chi connectivity index (χ4n) is 3.23. The second kappa shape index (κ2) is 9.59. The molecule has 1 aromatic carbocycles. The maximum atomic E-state index is 13.6. The fourth-order valence-corrected chi connectivity index (χ4v) is 4.09. The normalized spacial score (nSPS) is 23.4. The maximum absolute atomic E-state index is 13.6. The van der Waals surface area contributed by atoms with Crippen LogP contribution in [0.1, 0.15) is 24.8 Å². The Labute approximate surface area is 160 Å². The van der Waals surface area contributed by atoms with E-state index in [4.69, 9.17) is 4.74 Å². The van der Waals surface area contributed by atoms with Crippen LogP contribution in [0.4, 0.5) is 4.39 Å². The van der Waals surface area contributed by atoms with Crippen LogP contribution in [0.25, 0.3) is 0 Å². The Morgan fingerprint density at radius 3 is 2.63 bits per heavy atom. The molecule has 3 atom stereocenters. The molecule has 0 saturated heterocycles. The zero-order chi connectivity index (χ0) is 20.0. The number of carbonyl (C=O) groups excluding carboxylic acids is 1. The summed E-state index contributed by atoms with van der Waals surface area (Å²) in [7, 11) is 0.868. The first-order chi connectivity index (χ1) is 12.7. The number of amides is 1. The summed E-state index contributed by atoms with van der Waals surface area (Å²) in [6.07, 6.45) is 1.55. The Morgan fingerprint density at radius 2 is 2.00 bits per heavy atom. The van der Waals surface area contributed by atoms with Crippen LogP contribution in [-0.4, -0.2) is 58.5 Å². The summed E-state index contributed by atoms with van der Waals surface area (Å²) in [6, 6.07) is 6.12. The third-order valence-corrected chi connectivity index (χ3v) is 6.46. The van der Waals surface area contributed by atoms with Gasteiger partial charge in [-0.2, -0.15) is 17.4 Å². The van der Waals surface area contributed by atoms with Crippen LogP contribution in [0.15, 0.2) is 24.3 Å². The van der Waals surface area contributed by atoms with Crippen LogP contribution >= 0.6 is 0 Å². The Kier molecular flexibility index (Phi) is 7.72. The van der Waals surface area contributed by atoms with Gasteiger partial charge in [-0.3, -0.25) is 4.79 Å². The number of halogens is 1. The molecule has 1 aromatic rings. The van der Waals surface area contributed by atoms with Crippen molar-refractivity contribution in [2.45, 2.75) is 37.8 Å². The Morgan fingerprint density at radius 1 is 1.30 bits per heavy atom.